The Hall–Kier alpha value is -3.08. The van der Waals surface area contributed by atoms with E-state index in [1.54, 1.807) is 12.1 Å². The second kappa shape index (κ2) is 7.15. The predicted octanol–water partition coefficient (Wildman–Crippen LogP) is 6.41. The summed E-state index contributed by atoms with van der Waals surface area (Å²) in [7, 11) is 0. The highest BCUT2D eigenvalue weighted by Gasteiger charge is 2.30. The first-order valence-corrected chi connectivity index (χ1v) is 8.99. The van der Waals surface area contributed by atoms with E-state index in [-0.39, 0.29) is 11.7 Å². The fraction of sp³-hybridized carbons (Fsp3) is 0.174. The molecule has 0 N–H and O–H groups in total. The maximum atomic E-state index is 12.8. The number of Topliss-reactive ketones (excluding diaryl/α,β-unsaturated/α-hetero) is 1. The number of ether oxygens (including phenoxy) is 1. The molecule has 0 saturated carbocycles. The molecule has 0 saturated heterocycles. The van der Waals surface area contributed by atoms with Crippen LogP contribution < -0.4 is 4.74 Å². The zero-order chi connectivity index (χ0) is 19.7. The zero-order valence-corrected chi connectivity index (χ0v) is 14.9. The summed E-state index contributed by atoms with van der Waals surface area (Å²) in [5.74, 6) is 0.767. The van der Waals surface area contributed by atoms with Crippen molar-refractivity contribution < 1.29 is 22.7 Å². The zero-order valence-electron chi connectivity index (χ0n) is 14.9. The maximum Gasteiger partial charge on any atom is 0.416 e. The van der Waals surface area contributed by atoms with Crippen molar-refractivity contribution in [1.29, 1.82) is 0 Å². The van der Waals surface area contributed by atoms with Gasteiger partial charge in [-0.2, -0.15) is 13.2 Å². The second-order valence-electron chi connectivity index (χ2n) is 6.81. The third-order valence-corrected chi connectivity index (χ3v) is 5.00. The van der Waals surface area contributed by atoms with Crippen molar-refractivity contribution >= 4 is 5.78 Å². The number of halogens is 3. The average molecular weight is 382 g/mol. The minimum absolute atomic E-state index is 0.123. The monoisotopic (exact) mass is 382 g/mol. The minimum atomic E-state index is -4.37. The fourth-order valence-electron chi connectivity index (χ4n) is 3.53. The summed E-state index contributed by atoms with van der Waals surface area (Å²) >= 11 is 0. The van der Waals surface area contributed by atoms with Gasteiger partial charge in [-0.15, -0.1) is 0 Å². The number of hydrogen-bond donors (Lipinski definition) is 0. The van der Waals surface area contributed by atoms with Crippen LogP contribution in [0.15, 0.2) is 72.8 Å². The molecule has 1 aliphatic carbocycles. The van der Waals surface area contributed by atoms with Gasteiger partial charge in [0, 0.05) is 11.5 Å². The molecule has 0 bridgehead atoms. The van der Waals surface area contributed by atoms with Crippen LogP contribution in [0, 0.1) is 0 Å². The number of carbonyl (C=O) groups is 1. The summed E-state index contributed by atoms with van der Waals surface area (Å²) in [6, 6.07) is 19.4. The number of carbonyl (C=O) groups excluding carboxylic acids is 1. The third kappa shape index (κ3) is 3.65. The highest BCUT2D eigenvalue weighted by atomic mass is 19.4. The Morgan fingerprint density at radius 1 is 0.821 bits per heavy atom. The molecule has 0 heterocycles. The fourth-order valence-corrected chi connectivity index (χ4v) is 3.53. The quantitative estimate of drug-likeness (QED) is 0.523. The molecule has 28 heavy (non-hydrogen) atoms. The SMILES string of the molecule is O=C1c2ccccc2CCC1c1ccc(Oc2ccc(C(F)(F)F)cc2)cc1. The lowest BCUT2D eigenvalue weighted by Gasteiger charge is -2.23. The van der Waals surface area contributed by atoms with Gasteiger partial charge in [0.05, 0.1) is 5.56 Å². The number of rotatable bonds is 3. The minimum Gasteiger partial charge on any atom is -0.457 e. The molecule has 0 aromatic heterocycles. The van der Waals surface area contributed by atoms with Crippen LogP contribution in [0.1, 0.15) is 39.4 Å². The molecule has 5 heteroatoms. The van der Waals surface area contributed by atoms with Gasteiger partial charge in [-0.05, 0) is 60.4 Å². The molecule has 1 aliphatic rings. The Morgan fingerprint density at radius 3 is 2.07 bits per heavy atom. The van der Waals surface area contributed by atoms with Crippen molar-refractivity contribution in [3.05, 3.63) is 95.1 Å². The molecule has 1 atom stereocenters. The van der Waals surface area contributed by atoms with Gasteiger partial charge in [0.2, 0.25) is 0 Å². The van der Waals surface area contributed by atoms with Crippen LogP contribution in [0.25, 0.3) is 0 Å². The molecule has 0 fully saturated rings. The molecule has 4 rings (SSSR count). The van der Waals surface area contributed by atoms with E-state index in [0.29, 0.717) is 11.5 Å². The lowest BCUT2D eigenvalue weighted by atomic mass is 9.79. The smallest absolute Gasteiger partial charge is 0.416 e. The summed E-state index contributed by atoms with van der Waals surface area (Å²) in [6.07, 6.45) is -2.75. The summed E-state index contributed by atoms with van der Waals surface area (Å²) in [5, 5.41) is 0. The van der Waals surface area contributed by atoms with Gasteiger partial charge in [0.1, 0.15) is 11.5 Å². The first-order valence-electron chi connectivity index (χ1n) is 8.99. The molecule has 0 aliphatic heterocycles. The van der Waals surface area contributed by atoms with Gasteiger partial charge < -0.3 is 4.74 Å². The summed E-state index contributed by atoms with van der Waals surface area (Å²) in [4.78, 5) is 12.8. The molecule has 142 valence electrons. The van der Waals surface area contributed by atoms with Gasteiger partial charge in [0.15, 0.2) is 5.78 Å². The largest absolute Gasteiger partial charge is 0.457 e. The van der Waals surface area contributed by atoms with Crippen LogP contribution in [0.2, 0.25) is 0 Å². The molecule has 2 nitrogen and oxygen atoms in total. The van der Waals surface area contributed by atoms with Crippen molar-refractivity contribution in [2.24, 2.45) is 0 Å². The predicted molar refractivity (Wildman–Crippen MR) is 99.8 cm³/mol. The van der Waals surface area contributed by atoms with Gasteiger partial charge >= 0.3 is 6.18 Å². The van der Waals surface area contributed by atoms with Gasteiger partial charge in [-0.3, -0.25) is 4.79 Å². The Morgan fingerprint density at radius 2 is 1.43 bits per heavy atom. The van der Waals surface area contributed by atoms with Crippen molar-refractivity contribution in [2.45, 2.75) is 24.9 Å². The molecule has 0 radical (unpaired) electrons. The number of ketones is 1. The van der Waals surface area contributed by atoms with Gasteiger partial charge in [-0.1, -0.05) is 36.4 Å². The number of alkyl halides is 3. The molecule has 0 amide bonds. The Bertz CT molecular complexity index is 990. The number of hydrogen-bond acceptors (Lipinski definition) is 2. The van der Waals surface area contributed by atoms with E-state index in [0.717, 1.165) is 41.7 Å². The summed E-state index contributed by atoms with van der Waals surface area (Å²) in [5.41, 5.74) is 2.07. The van der Waals surface area contributed by atoms with Crippen LogP contribution in [0.3, 0.4) is 0 Å². The van der Waals surface area contributed by atoms with Crippen LogP contribution in [-0.4, -0.2) is 5.78 Å². The maximum absolute atomic E-state index is 12.8. The topological polar surface area (TPSA) is 26.3 Å². The molecule has 3 aromatic carbocycles. The Labute approximate surface area is 160 Å². The van der Waals surface area contributed by atoms with E-state index in [1.165, 1.54) is 12.1 Å². The second-order valence-corrected chi connectivity index (χ2v) is 6.81. The lowest BCUT2D eigenvalue weighted by molar-refractivity contribution is -0.137. The van der Waals surface area contributed by atoms with Crippen molar-refractivity contribution in [3.8, 4) is 11.5 Å². The molecular formula is C23H17F3O2. The average Bonchev–Trinajstić information content (AvgIpc) is 2.69. The normalized spacial score (nSPS) is 16.5. The Balaban J connectivity index is 1.48. The van der Waals surface area contributed by atoms with Gasteiger partial charge in [-0.25, -0.2) is 0 Å². The molecular weight excluding hydrogens is 365 g/mol. The van der Waals surface area contributed by atoms with Crippen LogP contribution in [0.5, 0.6) is 11.5 Å². The number of benzene rings is 3. The first kappa shape index (κ1) is 18.3. The molecule has 1 unspecified atom stereocenters. The number of aryl methyl sites for hydroxylation is 1. The standard InChI is InChI=1S/C23H17F3O2/c24-23(25,26)17-8-12-19(13-9-17)28-18-10-5-16(6-11-18)21-14-7-15-3-1-2-4-20(15)22(21)27/h1-6,8-13,21H,7,14H2. The van der Waals surface area contributed by atoms with E-state index < -0.39 is 11.7 Å². The van der Waals surface area contributed by atoms with Crippen LogP contribution in [0.4, 0.5) is 13.2 Å². The summed E-state index contributed by atoms with van der Waals surface area (Å²) in [6.45, 7) is 0. The van der Waals surface area contributed by atoms with Crippen molar-refractivity contribution in [1.82, 2.24) is 0 Å². The molecule has 0 spiro atoms. The first-order chi connectivity index (χ1) is 13.4. The van der Waals surface area contributed by atoms with Crippen molar-refractivity contribution in [2.75, 3.05) is 0 Å². The highest BCUT2D eigenvalue weighted by molar-refractivity contribution is 6.03. The van der Waals surface area contributed by atoms with E-state index in [1.807, 2.05) is 36.4 Å². The van der Waals surface area contributed by atoms with E-state index in [2.05, 4.69) is 0 Å². The van der Waals surface area contributed by atoms with E-state index >= 15 is 0 Å². The summed E-state index contributed by atoms with van der Waals surface area (Å²) < 4.78 is 43.5. The molecule has 3 aromatic rings. The van der Waals surface area contributed by atoms with Gasteiger partial charge in [0.25, 0.3) is 0 Å². The Kier molecular flexibility index (Phi) is 4.67. The van der Waals surface area contributed by atoms with Crippen molar-refractivity contribution in [3.63, 3.8) is 0 Å². The third-order valence-electron chi connectivity index (χ3n) is 5.00. The lowest BCUT2D eigenvalue weighted by Crippen LogP contribution is -2.20. The van der Waals surface area contributed by atoms with Crippen LogP contribution >= 0.6 is 0 Å². The van der Waals surface area contributed by atoms with E-state index in [4.69, 9.17) is 4.74 Å². The highest BCUT2D eigenvalue weighted by Crippen LogP contribution is 2.34. The van der Waals surface area contributed by atoms with E-state index in [9.17, 15) is 18.0 Å². The van der Waals surface area contributed by atoms with Crippen LogP contribution in [-0.2, 0) is 12.6 Å². The number of fused-ring (bicyclic) bond motifs is 1.